The molecule has 3 rings (SSSR count). The van der Waals surface area contributed by atoms with E-state index in [1.165, 1.54) is 11.8 Å². The van der Waals surface area contributed by atoms with Crippen molar-refractivity contribution in [2.45, 2.75) is 50.4 Å². The number of anilines is 1. The van der Waals surface area contributed by atoms with Crippen LogP contribution >= 0.6 is 11.8 Å². The average Bonchev–Trinajstić information content (AvgIpc) is 3.16. The van der Waals surface area contributed by atoms with E-state index in [2.05, 4.69) is 40.8 Å². The molecule has 7 heteroatoms. The van der Waals surface area contributed by atoms with Crippen LogP contribution in [0.15, 0.2) is 53.7 Å². The molecule has 2 atom stereocenters. The zero-order valence-corrected chi connectivity index (χ0v) is 17.4. The first kappa shape index (κ1) is 20.1. The number of aromatic nitrogens is 4. The molecule has 0 aliphatic carbocycles. The van der Waals surface area contributed by atoms with Gasteiger partial charge in [0, 0.05) is 5.69 Å². The van der Waals surface area contributed by atoms with Gasteiger partial charge in [-0.05, 0) is 59.9 Å². The van der Waals surface area contributed by atoms with Crippen LogP contribution in [0.1, 0.15) is 44.2 Å². The summed E-state index contributed by atoms with van der Waals surface area (Å²) in [4.78, 5) is 12.8. The minimum atomic E-state index is -0.348. The van der Waals surface area contributed by atoms with Gasteiger partial charge < -0.3 is 5.32 Å². The molecule has 0 saturated heterocycles. The number of hydrogen-bond donors (Lipinski definition) is 1. The summed E-state index contributed by atoms with van der Waals surface area (Å²) in [5.41, 5.74) is 3.99. The number of aryl methyl sites for hydroxylation is 1. The summed E-state index contributed by atoms with van der Waals surface area (Å²) in [5, 5.41) is 15.3. The van der Waals surface area contributed by atoms with E-state index >= 15 is 0 Å². The number of rotatable bonds is 7. The monoisotopic (exact) mass is 395 g/mol. The molecule has 0 aliphatic heterocycles. The second kappa shape index (κ2) is 9.01. The van der Waals surface area contributed by atoms with E-state index in [1.807, 2.05) is 56.3 Å². The van der Waals surface area contributed by atoms with Crippen molar-refractivity contribution in [3.63, 3.8) is 0 Å². The van der Waals surface area contributed by atoms with Crippen molar-refractivity contribution in [3.05, 3.63) is 59.7 Å². The topological polar surface area (TPSA) is 72.7 Å². The number of carbonyl (C=O) groups is 1. The van der Waals surface area contributed by atoms with Crippen molar-refractivity contribution >= 4 is 23.4 Å². The zero-order valence-electron chi connectivity index (χ0n) is 16.6. The average molecular weight is 396 g/mol. The highest BCUT2D eigenvalue weighted by atomic mass is 32.2. The molecule has 0 saturated carbocycles. The standard InChI is InChI=1S/C21H25N5OS/c1-5-14(2)17-11-7-8-12-18(17)22-20(27)16(4)28-21-23-24-25-26(21)19-13-9-6-10-15(19)3/h6-14,16H,5H2,1-4H3,(H,22,27)/t14-,16-/m0/s1. The summed E-state index contributed by atoms with van der Waals surface area (Å²) in [6.07, 6.45) is 1.02. The SMILES string of the molecule is CC[C@H](C)c1ccccc1NC(=O)[C@H](C)Sc1nnnn1-c1ccccc1C. The van der Waals surface area contributed by atoms with Crippen LogP contribution in [0.5, 0.6) is 0 Å². The van der Waals surface area contributed by atoms with Crippen LogP contribution in [-0.2, 0) is 4.79 Å². The number of nitrogens with zero attached hydrogens (tertiary/aromatic N) is 4. The van der Waals surface area contributed by atoms with Gasteiger partial charge in [0.15, 0.2) is 0 Å². The number of thioether (sulfide) groups is 1. The van der Waals surface area contributed by atoms with E-state index in [-0.39, 0.29) is 11.2 Å². The minimum absolute atomic E-state index is 0.0694. The van der Waals surface area contributed by atoms with E-state index < -0.39 is 0 Å². The van der Waals surface area contributed by atoms with Crippen LogP contribution in [0.2, 0.25) is 0 Å². The van der Waals surface area contributed by atoms with Crippen molar-refractivity contribution in [1.29, 1.82) is 0 Å². The lowest BCUT2D eigenvalue weighted by Crippen LogP contribution is -2.23. The lowest BCUT2D eigenvalue weighted by molar-refractivity contribution is -0.115. The Labute approximate surface area is 169 Å². The Bertz CT molecular complexity index is 955. The second-order valence-electron chi connectivity index (χ2n) is 6.81. The Kier molecular flexibility index (Phi) is 6.46. The summed E-state index contributed by atoms with van der Waals surface area (Å²) in [6.45, 7) is 8.18. The maximum atomic E-state index is 12.8. The van der Waals surface area contributed by atoms with Crippen LogP contribution < -0.4 is 5.32 Å². The van der Waals surface area contributed by atoms with Gasteiger partial charge >= 0.3 is 0 Å². The van der Waals surface area contributed by atoms with Gasteiger partial charge in [-0.2, -0.15) is 4.68 Å². The Balaban J connectivity index is 1.75. The molecule has 0 radical (unpaired) electrons. The normalized spacial score (nSPS) is 13.1. The highest BCUT2D eigenvalue weighted by molar-refractivity contribution is 8.00. The molecule has 28 heavy (non-hydrogen) atoms. The van der Waals surface area contributed by atoms with Gasteiger partial charge in [-0.25, -0.2) is 0 Å². The first-order valence-electron chi connectivity index (χ1n) is 9.42. The second-order valence-corrected chi connectivity index (χ2v) is 8.11. The fourth-order valence-electron chi connectivity index (χ4n) is 2.91. The van der Waals surface area contributed by atoms with Crippen LogP contribution in [-0.4, -0.2) is 31.4 Å². The Morgan fingerprint density at radius 2 is 1.86 bits per heavy atom. The predicted octanol–water partition coefficient (Wildman–Crippen LogP) is 4.60. The van der Waals surface area contributed by atoms with Gasteiger partial charge in [-0.3, -0.25) is 4.79 Å². The van der Waals surface area contributed by atoms with Crippen LogP contribution in [0.25, 0.3) is 5.69 Å². The van der Waals surface area contributed by atoms with Crippen molar-refractivity contribution < 1.29 is 4.79 Å². The first-order valence-corrected chi connectivity index (χ1v) is 10.3. The van der Waals surface area contributed by atoms with E-state index in [0.717, 1.165) is 28.9 Å². The third-order valence-corrected chi connectivity index (χ3v) is 5.83. The summed E-state index contributed by atoms with van der Waals surface area (Å²) in [7, 11) is 0. The van der Waals surface area contributed by atoms with Gasteiger partial charge in [-0.1, -0.05) is 62.0 Å². The third kappa shape index (κ3) is 4.42. The molecular formula is C21H25N5OS. The van der Waals surface area contributed by atoms with Gasteiger partial charge in [0.25, 0.3) is 0 Å². The fourth-order valence-corrected chi connectivity index (χ4v) is 3.71. The molecule has 1 aromatic heterocycles. The molecule has 0 aliphatic rings. The smallest absolute Gasteiger partial charge is 0.237 e. The third-order valence-electron chi connectivity index (χ3n) is 4.80. The number of hydrogen-bond acceptors (Lipinski definition) is 5. The predicted molar refractivity (Wildman–Crippen MR) is 113 cm³/mol. The van der Waals surface area contributed by atoms with E-state index in [9.17, 15) is 4.79 Å². The number of nitrogens with one attached hydrogen (secondary N) is 1. The Hall–Kier alpha value is -2.67. The molecular weight excluding hydrogens is 370 g/mol. The van der Waals surface area contributed by atoms with Crippen LogP contribution in [0, 0.1) is 6.92 Å². The van der Waals surface area contributed by atoms with Gasteiger partial charge in [0.2, 0.25) is 11.1 Å². The molecule has 0 spiro atoms. The molecule has 0 fully saturated rings. The highest BCUT2D eigenvalue weighted by Crippen LogP contribution is 2.29. The minimum Gasteiger partial charge on any atom is -0.325 e. The first-order chi connectivity index (χ1) is 13.5. The van der Waals surface area contributed by atoms with E-state index in [0.29, 0.717) is 11.1 Å². The summed E-state index contributed by atoms with van der Waals surface area (Å²) in [6, 6.07) is 15.9. The number of carbonyl (C=O) groups excluding carboxylic acids is 1. The number of benzene rings is 2. The quantitative estimate of drug-likeness (QED) is 0.592. The molecule has 3 aromatic rings. The van der Waals surface area contributed by atoms with Crippen molar-refractivity contribution in [1.82, 2.24) is 20.2 Å². The Morgan fingerprint density at radius 1 is 1.14 bits per heavy atom. The molecule has 1 heterocycles. The van der Waals surface area contributed by atoms with Crippen molar-refractivity contribution in [2.75, 3.05) is 5.32 Å². The number of amides is 1. The zero-order chi connectivity index (χ0) is 20.1. The lowest BCUT2D eigenvalue weighted by Gasteiger charge is -2.17. The highest BCUT2D eigenvalue weighted by Gasteiger charge is 2.21. The van der Waals surface area contributed by atoms with Crippen molar-refractivity contribution in [3.8, 4) is 5.69 Å². The summed E-state index contributed by atoms with van der Waals surface area (Å²) in [5.74, 6) is 0.313. The van der Waals surface area contributed by atoms with E-state index in [4.69, 9.17) is 0 Å². The summed E-state index contributed by atoms with van der Waals surface area (Å²) < 4.78 is 1.68. The van der Waals surface area contributed by atoms with Gasteiger partial charge in [-0.15, -0.1) is 5.10 Å². The molecule has 2 aromatic carbocycles. The Morgan fingerprint density at radius 3 is 2.61 bits per heavy atom. The lowest BCUT2D eigenvalue weighted by atomic mass is 9.97. The number of tetrazole rings is 1. The van der Waals surface area contributed by atoms with E-state index in [1.54, 1.807) is 4.68 Å². The van der Waals surface area contributed by atoms with Crippen molar-refractivity contribution in [2.24, 2.45) is 0 Å². The summed E-state index contributed by atoms with van der Waals surface area (Å²) >= 11 is 1.34. The maximum Gasteiger partial charge on any atom is 0.237 e. The molecule has 1 amide bonds. The van der Waals surface area contributed by atoms with Crippen LogP contribution in [0.4, 0.5) is 5.69 Å². The molecule has 146 valence electrons. The fraction of sp³-hybridized carbons (Fsp3) is 0.333. The molecule has 0 bridgehead atoms. The van der Waals surface area contributed by atoms with Gasteiger partial charge in [0.1, 0.15) is 0 Å². The maximum absolute atomic E-state index is 12.8. The molecule has 1 N–H and O–H groups in total. The number of para-hydroxylation sites is 2. The molecule has 0 unspecified atom stereocenters. The molecule has 6 nitrogen and oxygen atoms in total. The largest absolute Gasteiger partial charge is 0.325 e. The van der Waals surface area contributed by atoms with Gasteiger partial charge in [0.05, 0.1) is 10.9 Å². The van der Waals surface area contributed by atoms with Crippen LogP contribution in [0.3, 0.4) is 0 Å².